The van der Waals surface area contributed by atoms with Crippen molar-refractivity contribution in [2.45, 2.75) is 0 Å². The zero-order chi connectivity index (χ0) is 22.9. The summed E-state index contributed by atoms with van der Waals surface area (Å²) in [4.78, 5) is 25.0. The fourth-order valence-corrected chi connectivity index (χ4v) is 2.93. The maximum Gasteiger partial charge on any atom is 0.342 e. The number of carbonyl (C=O) groups is 2. The Hall–Kier alpha value is -4.20. The standard InChI is InChI=1S/C24H23NO7/c1-28-20-14-13-17(22(29-2)23(20)30-3)24(27)31-15-21(26)25-18-11-7-8-12-19(18)32-16-9-5-4-6-10-16/h4-14H,15H2,1-3H3,(H,25,26). The van der Waals surface area contributed by atoms with Crippen LogP contribution in [-0.4, -0.2) is 39.8 Å². The topological polar surface area (TPSA) is 92.3 Å². The van der Waals surface area contributed by atoms with Gasteiger partial charge in [-0.25, -0.2) is 4.79 Å². The van der Waals surface area contributed by atoms with Gasteiger partial charge in [-0.05, 0) is 36.4 Å². The fourth-order valence-electron chi connectivity index (χ4n) is 2.93. The van der Waals surface area contributed by atoms with Crippen LogP contribution < -0.4 is 24.3 Å². The Bertz CT molecular complexity index is 1080. The zero-order valence-electron chi connectivity index (χ0n) is 17.9. The van der Waals surface area contributed by atoms with Crippen molar-refractivity contribution in [2.24, 2.45) is 0 Å². The first-order valence-corrected chi connectivity index (χ1v) is 9.65. The maximum atomic E-state index is 12.6. The Labute approximate surface area is 185 Å². The number of carbonyl (C=O) groups excluding carboxylic acids is 2. The summed E-state index contributed by atoms with van der Waals surface area (Å²) < 4.78 is 26.7. The van der Waals surface area contributed by atoms with Crippen LogP contribution in [0.2, 0.25) is 0 Å². The van der Waals surface area contributed by atoms with Gasteiger partial charge in [0.2, 0.25) is 5.75 Å². The maximum absolute atomic E-state index is 12.6. The molecule has 0 fully saturated rings. The Morgan fingerprint density at radius 2 is 1.44 bits per heavy atom. The highest BCUT2D eigenvalue weighted by Gasteiger charge is 2.22. The van der Waals surface area contributed by atoms with Gasteiger partial charge in [-0.2, -0.15) is 0 Å². The van der Waals surface area contributed by atoms with Crippen molar-refractivity contribution in [3.05, 3.63) is 72.3 Å². The van der Waals surface area contributed by atoms with Gasteiger partial charge in [0, 0.05) is 0 Å². The quantitative estimate of drug-likeness (QED) is 0.499. The molecule has 0 saturated heterocycles. The van der Waals surface area contributed by atoms with Crippen LogP contribution >= 0.6 is 0 Å². The van der Waals surface area contributed by atoms with Crippen LogP contribution in [-0.2, 0) is 9.53 Å². The first-order chi connectivity index (χ1) is 15.6. The molecule has 0 unspecified atom stereocenters. The summed E-state index contributed by atoms with van der Waals surface area (Å²) in [5.41, 5.74) is 0.548. The summed E-state index contributed by atoms with van der Waals surface area (Å²) in [6, 6.07) is 19.2. The molecular formula is C24H23NO7. The van der Waals surface area contributed by atoms with Gasteiger partial charge < -0.3 is 29.0 Å². The van der Waals surface area contributed by atoms with Gasteiger partial charge in [-0.1, -0.05) is 30.3 Å². The molecule has 1 N–H and O–H groups in total. The number of hydrogen-bond donors (Lipinski definition) is 1. The predicted molar refractivity (Wildman–Crippen MR) is 118 cm³/mol. The van der Waals surface area contributed by atoms with Crippen molar-refractivity contribution in [3.8, 4) is 28.7 Å². The van der Waals surface area contributed by atoms with Gasteiger partial charge in [-0.15, -0.1) is 0 Å². The minimum absolute atomic E-state index is 0.103. The molecule has 0 atom stereocenters. The second-order valence-electron chi connectivity index (χ2n) is 6.42. The summed E-state index contributed by atoms with van der Waals surface area (Å²) in [7, 11) is 4.29. The molecule has 0 aliphatic rings. The van der Waals surface area contributed by atoms with Gasteiger partial charge in [0.1, 0.15) is 11.3 Å². The van der Waals surface area contributed by atoms with Crippen molar-refractivity contribution in [1.82, 2.24) is 0 Å². The average Bonchev–Trinajstić information content (AvgIpc) is 2.83. The second kappa shape index (κ2) is 10.7. The summed E-state index contributed by atoms with van der Waals surface area (Å²) in [5.74, 6) is 0.614. The normalized spacial score (nSPS) is 10.1. The minimum atomic E-state index is -0.744. The number of benzene rings is 3. The molecule has 32 heavy (non-hydrogen) atoms. The molecule has 8 nitrogen and oxygen atoms in total. The lowest BCUT2D eigenvalue weighted by Crippen LogP contribution is -2.21. The lowest BCUT2D eigenvalue weighted by molar-refractivity contribution is -0.119. The fraction of sp³-hybridized carbons (Fsp3) is 0.167. The lowest BCUT2D eigenvalue weighted by atomic mass is 10.1. The van der Waals surface area contributed by atoms with E-state index in [-0.39, 0.29) is 17.1 Å². The number of ether oxygens (including phenoxy) is 5. The molecule has 0 aliphatic heterocycles. The number of nitrogens with one attached hydrogen (secondary N) is 1. The zero-order valence-corrected chi connectivity index (χ0v) is 17.9. The second-order valence-corrected chi connectivity index (χ2v) is 6.42. The van der Waals surface area contributed by atoms with Crippen LogP contribution in [0.25, 0.3) is 0 Å². The van der Waals surface area contributed by atoms with Crippen LogP contribution in [0.1, 0.15) is 10.4 Å². The summed E-state index contributed by atoms with van der Waals surface area (Å²) in [5, 5.41) is 2.69. The third kappa shape index (κ3) is 5.28. The molecule has 0 radical (unpaired) electrons. The van der Waals surface area contributed by atoms with Gasteiger partial charge in [0.15, 0.2) is 23.9 Å². The van der Waals surface area contributed by atoms with Crippen molar-refractivity contribution in [3.63, 3.8) is 0 Å². The summed E-state index contributed by atoms with van der Waals surface area (Å²) >= 11 is 0. The molecule has 0 spiro atoms. The number of amides is 1. The van der Waals surface area contributed by atoms with Gasteiger partial charge in [0.05, 0.1) is 27.0 Å². The first kappa shape index (κ1) is 22.5. The van der Waals surface area contributed by atoms with E-state index in [9.17, 15) is 9.59 Å². The number of rotatable bonds is 9. The molecule has 0 aromatic heterocycles. The third-order valence-electron chi connectivity index (χ3n) is 4.39. The number of methoxy groups -OCH3 is 3. The van der Waals surface area contributed by atoms with E-state index >= 15 is 0 Å². The summed E-state index contributed by atoms with van der Waals surface area (Å²) in [6.07, 6.45) is 0. The minimum Gasteiger partial charge on any atom is -0.493 e. The molecule has 3 rings (SSSR count). The Morgan fingerprint density at radius 3 is 2.12 bits per heavy atom. The highest BCUT2D eigenvalue weighted by molar-refractivity contribution is 5.98. The molecule has 0 saturated carbocycles. The van der Waals surface area contributed by atoms with E-state index in [1.54, 1.807) is 42.5 Å². The van der Waals surface area contributed by atoms with E-state index in [1.807, 2.05) is 18.2 Å². The van der Waals surface area contributed by atoms with E-state index in [0.717, 1.165) is 0 Å². The SMILES string of the molecule is COc1ccc(C(=O)OCC(=O)Nc2ccccc2Oc2ccccc2)c(OC)c1OC. The number of hydrogen-bond acceptors (Lipinski definition) is 7. The largest absolute Gasteiger partial charge is 0.493 e. The molecule has 166 valence electrons. The molecular weight excluding hydrogens is 414 g/mol. The Balaban J connectivity index is 1.67. The highest BCUT2D eigenvalue weighted by Crippen LogP contribution is 2.40. The van der Waals surface area contributed by atoms with E-state index in [1.165, 1.54) is 27.4 Å². The number of esters is 1. The van der Waals surface area contributed by atoms with Crippen LogP contribution in [0, 0.1) is 0 Å². The van der Waals surface area contributed by atoms with E-state index in [2.05, 4.69) is 5.32 Å². The molecule has 3 aromatic rings. The van der Waals surface area contributed by atoms with Crippen molar-refractivity contribution in [2.75, 3.05) is 33.3 Å². The molecule has 8 heteroatoms. The first-order valence-electron chi connectivity index (χ1n) is 9.65. The number of anilines is 1. The molecule has 0 heterocycles. The average molecular weight is 437 g/mol. The summed E-state index contributed by atoms with van der Waals surface area (Å²) in [6.45, 7) is -0.504. The van der Waals surface area contributed by atoms with E-state index in [0.29, 0.717) is 22.9 Å². The van der Waals surface area contributed by atoms with Crippen LogP contribution in [0.4, 0.5) is 5.69 Å². The molecule has 3 aromatic carbocycles. The smallest absolute Gasteiger partial charge is 0.342 e. The van der Waals surface area contributed by atoms with Crippen molar-refractivity contribution < 1.29 is 33.3 Å². The van der Waals surface area contributed by atoms with E-state index in [4.69, 9.17) is 23.7 Å². The van der Waals surface area contributed by atoms with Gasteiger partial charge in [-0.3, -0.25) is 4.79 Å². The Morgan fingerprint density at radius 1 is 0.750 bits per heavy atom. The van der Waals surface area contributed by atoms with Crippen LogP contribution in [0.15, 0.2) is 66.7 Å². The molecule has 0 bridgehead atoms. The molecule has 0 aliphatic carbocycles. The predicted octanol–water partition coefficient (Wildman–Crippen LogP) is 4.30. The van der Waals surface area contributed by atoms with E-state index < -0.39 is 18.5 Å². The van der Waals surface area contributed by atoms with Gasteiger partial charge >= 0.3 is 5.97 Å². The van der Waals surface area contributed by atoms with Crippen LogP contribution in [0.5, 0.6) is 28.7 Å². The number of para-hydroxylation sites is 3. The van der Waals surface area contributed by atoms with Gasteiger partial charge in [0.25, 0.3) is 5.91 Å². The Kier molecular flexibility index (Phi) is 7.53. The lowest BCUT2D eigenvalue weighted by Gasteiger charge is -2.15. The third-order valence-corrected chi connectivity index (χ3v) is 4.39. The van der Waals surface area contributed by atoms with Crippen molar-refractivity contribution >= 4 is 17.6 Å². The highest BCUT2D eigenvalue weighted by atomic mass is 16.5. The van der Waals surface area contributed by atoms with Crippen molar-refractivity contribution in [1.29, 1.82) is 0 Å². The molecule has 1 amide bonds. The monoisotopic (exact) mass is 437 g/mol. The van der Waals surface area contributed by atoms with Crippen LogP contribution in [0.3, 0.4) is 0 Å².